The summed E-state index contributed by atoms with van der Waals surface area (Å²) in [4.78, 5) is 37.8. The molecule has 2 atom stereocenters. The van der Waals surface area contributed by atoms with Gasteiger partial charge in [0.25, 0.3) is 5.91 Å². The van der Waals surface area contributed by atoms with Gasteiger partial charge in [-0.1, -0.05) is 33.8 Å². The number of aromatic nitrogens is 1. The molecule has 180 valence electrons. The number of aryl methyl sites for hydroxylation is 2. The Hall–Kier alpha value is -2.25. The summed E-state index contributed by atoms with van der Waals surface area (Å²) in [5.74, 6) is 0.682. The molecule has 4 rings (SSSR count). The summed E-state index contributed by atoms with van der Waals surface area (Å²) in [5.41, 5.74) is 4.21. The highest BCUT2D eigenvalue weighted by atomic mass is 32.2. The predicted molar refractivity (Wildman–Crippen MR) is 142 cm³/mol. The van der Waals surface area contributed by atoms with Gasteiger partial charge in [-0.25, -0.2) is 4.98 Å². The van der Waals surface area contributed by atoms with Crippen molar-refractivity contribution in [3.05, 3.63) is 51.7 Å². The van der Waals surface area contributed by atoms with Crippen molar-refractivity contribution in [2.24, 2.45) is 16.3 Å². The number of aliphatic imine (C=N–C) groups is 1. The van der Waals surface area contributed by atoms with Crippen LogP contribution in [-0.2, 0) is 16.0 Å². The number of ketones is 1. The molecule has 1 saturated carbocycles. The van der Waals surface area contributed by atoms with Gasteiger partial charge < -0.3 is 5.32 Å². The maximum Gasteiger partial charge on any atom is 0.255 e. The van der Waals surface area contributed by atoms with Crippen molar-refractivity contribution in [3.63, 3.8) is 0 Å². The minimum atomic E-state index is -0.390. The summed E-state index contributed by atoms with van der Waals surface area (Å²) in [7, 11) is 0. The molecular weight excluding hydrogens is 462 g/mol. The third kappa shape index (κ3) is 4.91. The fourth-order valence-electron chi connectivity index (χ4n) is 5.03. The largest absolute Gasteiger partial charge is 0.307 e. The van der Waals surface area contributed by atoms with Crippen LogP contribution in [0.3, 0.4) is 0 Å². The first-order valence-electron chi connectivity index (χ1n) is 11.9. The second kappa shape index (κ2) is 9.78. The number of allylic oxidation sites excluding steroid dienone is 1. The number of pyridine rings is 1. The average molecular weight is 496 g/mol. The Morgan fingerprint density at radius 3 is 2.62 bits per heavy atom. The Labute approximate surface area is 210 Å². The second-order valence-corrected chi connectivity index (χ2v) is 12.6. The highest BCUT2D eigenvalue weighted by Gasteiger charge is 2.48. The van der Waals surface area contributed by atoms with Crippen LogP contribution in [0.2, 0.25) is 0 Å². The molecule has 2 unspecified atom stereocenters. The number of hydrogen-bond donors (Lipinski definition) is 1. The number of thiophene rings is 1. The van der Waals surface area contributed by atoms with Crippen molar-refractivity contribution in [1.29, 1.82) is 0 Å². The molecule has 0 bridgehead atoms. The molecule has 34 heavy (non-hydrogen) atoms. The number of rotatable bonds is 6. The van der Waals surface area contributed by atoms with Gasteiger partial charge in [-0.2, -0.15) is 0 Å². The molecular formula is C27H33N3O2S2. The van der Waals surface area contributed by atoms with E-state index in [4.69, 9.17) is 4.99 Å². The van der Waals surface area contributed by atoms with Gasteiger partial charge in [0.05, 0.1) is 10.1 Å². The van der Waals surface area contributed by atoms with E-state index in [1.165, 1.54) is 9.09 Å². The van der Waals surface area contributed by atoms with Crippen molar-refractivity contribution in [1.82, 2.24) is 4.98 Å². The summed E-state index contributed by atoms with van der Waals surface area (Å²) in [6.07, 6.45) is 3.94. The number of thioether (sulfide) groups is 1. The first kappa shape index (κ1) is 24.9. The number of hydrogen-bond acceptors (Lipinski definition) is 6. The molecule has 2 aromatic rings. The van der Waals surface area contributed by atoms with Crippen LogP contribution in [-0.4, -0.2) is 28.1 Å². The van der Waals surface area contributed by atoms with Gasteiger partial charge in [0.2, 0.25) is 0 Å². The van der Waals surface area contributed by atoms with Crippen molar-refractivity contribution in [2.45, 2.75) is 70.9 Å². The van der Waals surface area contributed by atoms with Crippen molar-refractivity contribution in [3.8, 4) is 0 Å². The van der Waals surface area contributed by atoms with Gasteiger partial charge >= 0.3 is 0 Å². The third-order valence-corrected chi connectivity index (χ3v) is 8.98. The highest BCUT2D eigenvalue weighted by molar-refractivity contribution is 8.01. The van der Waals surface area contributed by atoms with Crippen LogP contribution in [0.5, 0.6) is 0 Å². The molecule has 1 amide bonds. The monoisotopic (exact) mass is 495 g/mol. The molecule has 2 aromatic heterocycles. The lowest BCUT2D eigenvalue weighted by Crippen LogP contribution is -2.44. The van der Waals surface area contributed by atoms with E-state index in [1.54, 1.807) is 29.3 Å². The Bertz CT molecular complexity index is 1170. The molecule has 1 N–H and O–H groups in total. The van der Waals surface area contributed by atoms with Crippen molar-refractivity contribution in [2.75, 3.05) is 11.1 Å². The summed E-state index contributed by atoms with van der Waals surface area (Å²) in [6.45, 7) is 12.4. The molecule has 0 spiro atoms. The van der Waals surface area contributed by atoms with Gasteiger partial charge in [0.1, 0.15) is 11.6 Å². The lowest BCUT2D eigenvalue weighted by atomic mass is 9.63. The number of carbonyl (C=O) groups is 2. The van der Waals surface area contributed by atoms with Gasteiger partial charge in [-0.05, 0) is 61.1 Å². The second-order valence-electron chi connectivity index (χ2n) is 9.96. The zero-order valence-electron chi connectivity index (χ0n) is 20.8. The van der Waals surface area contributed by atoms with Crippen LogP contribution in [0.1, 0.15) is 69.4 Å². The highest BCUT2D eigenvalue weighted by Crippen LogP contribution is 2.50. The molecule has 1 aliphatic carbocycles. The van der Waals surface area contributed by atoms with E-state index in [-0.39, 0.29) is 28.9 Å². The molecule has 0 saturated heterocycles. The van der Waals surface area contributed by atoms with Gasteiger partial charge in [0, 0.05) is 40.4 Å². The topological polar surface area (TPSA) is 71.4 Å². The maximum atomic E-state index is 13.7. The summed E-state index contributed by atoms with van der Waals surface area (Å²) in [5, 5.41) is 2.98. The van der Waals surface area contributed by atoms with Gasteiger partial charge in [0.15, 0.2) is 0 Å². The SMILES string of the molecule is CCSc1sc(CC)cc1C1C(C(=O)Nc2ccc(C)cn2)=C(C)N=C2CC(C)(C)CC(=O)C21. The number of amides is 1. The minimum absolute atomic E-state index is 0.118. The zero-order valence-corrected chi connectivity index (χ0v) is 22.5. The lowest BCUT2D eigenvalue weighted by Gasteiger charge is -2.41. The van der Waals surface area contributed by atoms with E-state index in [1.807, 2.05) is 26.0 Å². The number of fused-ring (bicyclic) bond motifs is 1. The van der Waals surface area contributed by atoms with Gasteiger partial charge in [-0.15, -0.1) is 23.1 Å². The Balaban J connectivity index is 1.84. The molecule has 3 heterocycles. The molecule has 1 fully saturated rings. The summed E-state index contributed by atoms with van der Waals surface area (Å²) < 4.78 is 1.20. The number of carbonyl (C=O) groups excluding carboxylic acids is 2. The first-order valence-corrected chi connectivity index (χ1v) is 13.7. The fourth-order valence-corrected chi connectivity index (χ4v) is 7.42. The van der Waals surface area contributed by atoms with Crippen LogP contribution in [0.15, 0.2) is 44.9 Å². The molecule has 0 radical (unpaired) electrons. The lowest BCUT2D eigenvalue weighted by molar-refractivity contribution is -0.124. The van der Waals surface area contributed by atoms with Crippen LogP contribution in [0, 0.1) is 18.3 Å². The quantitative estimate of drug-likeness (QED) is 0.459. The van der Waals surface area contributed by atoms with Crippen LogP contribution in [0.4, 0.5) is 5.82 Å². The third-order valence-electron chi connectivity index (χ3n) is 6.50. The zero-order chi connectivity index (χ0) is 24.6. The van der Waals surface area contributed by atoms with Crippen molar-refractivity contribution >= 4 is 46.3 Å². The first-order chi connectivity index (χ1) is 16.1. The molecule has 7 heteroatoms. The normalized spacial score (nSPS) is 21.8. The number of nitrogens with zero attached hydrogens (tertiary/aromatic N) is 2. The smallest absolute Gasteiger partial charge is 0.255 e. The Morgan fingerprint density at radius 1 is 1.21 bits per heavy atom. The van der Waals surface area contributed by atoms with E-state index in [9.17, 15) is 9.59 Å². The van der Waals surface area contributed by atoms with E-state index in [0.717, 1.165) is 35.4 Å². The predicted octanol–water partition coefficient (Wildman–Crippen LogP) is 6.58. The number of anilines is 1. The van der Waals surface area contributed by atoms with E-state index in [0.29, 0.717) is 23.5 Å². The van der Waals surface area contributed by atoms with E-state index >= 15 is 0 Å². The van der Waals surface area contributed by atoms with Crippen LogP contribution in [0.25, 0.3) is 0 Å². The van der Waals surface area contributed by atoms with Gasteiger partial charge in [-0.3, -0.25) is 14.6 Å². The minimum Gasteiger partial charge on any atom is -0.307 e. The molecule has 0 aromatic carbocycles. The number of nitrogens with one attached hydrogen (secondary N) is 1. The molecule has 5 nitrogen and oxygen atoms in total. The van der Waals surface area contributed by atoms with Crippen molar-refractivity contribution < 1.29 is 9.59 Å². The average Bonchev–Trinajstić information content (AvgIpc) is 3.16. The van der Waals surface area contributed by atoms with E-state index in [2.05, 4.69) is 44.1 Å². The summed E-state index contributed by atoms with van der Waals surface area (Å²) in [6, 6.07) is 5.95. The standard InChI is InChI=1S/C27H33N3O2S2/c1-7-17-11-18(26(34-17)33-8-2)23-22(25(32)30-21-10-9-15(3)14-28-21)16(4)29-19-12-27(5,6)13-20(31)24(19)23/h9-11,14,23-24H,7-8,12-13H2,1-6H3,(H,28,30,32). The van der Waals surface area contributed by atoms with Crippen LogP contribution < -0.4 is 5.32 Å². The molecule has 1 aliphatic heterocycles. The van der Waals surface area contributed by atoms with Crippen LogP contribution >= 0.6 is 23.1 Å². The Kier molecular flexibility index (Phi) is 7.15. The maximum absolute atomic E-state index is 13.7. The van der Waals surface area contributed by atoms with E-state index < -0.39 is 0 Å². The fraction of sp³-hybridized carbons (Fsp3) is 0.481. The number of Topliss-reactive ketones (excluding diaryl/α,β-unsaturated/α-hetero) is 1. The summed E-state index contributed by atoms with van der Waals surface area (Å²) >= 11 is 3.58. The molecule has 2 aliphatic rings. The Morgan fingerprint density at radius 2 is 1.97 bits per heavy atom.